The van der Waals surface area contributed by atoms with E-state index in [4.69, 9.17) is 15.0 Å². The lowest BCUT2D eigenvalue weighted by molar-refractivity contribution is 1.06. The maximum absolute atomic E-state index is 10.4. The minimum Gasteiger partial charge on any atom is -0.308 e. The lowest BCUT2D eigenvalue weighted by Gasteiger charge is -2.17. The maximum Gasteiger partial charge on any atom is 0.166 e. The second-order valence-corrected chi connectivity index (χ2v) is 16.3. The molecule has 0 aliphatic rings. The van der Waals surface area contributed by atoms with E-state index in [1.165, 1.54) is 0 Å². The molecule has 0 aliphatic carbocycles. The van der Waals surface area contributed by atoms with Gasteiger partial charge in [-0.05, 0) is 82.9 Å². The Morgan fingerprint density at radius 2 is 0.682 bits per heavy atom. The number of fused-ring (bicyclic) bond motifs is 6. The minimum atomic E-state index is 0.387. The fourth-order valence-corrected chi connectivity index (χ4v) is 9.37. The third-order valence-corrected chi connectivity index (χ3v) is 12.4. The lowest BCUT2D eigenvalue weighted by atomic mass is 10.0. The average molecular weight is 842 g/mol. The molecule has 0 saturated carbocycles. The molecule has 0 bridgehead atoms. The number of benzene rings is 9. The van der Waals surface area contributed by atoms with Crippen molar-refractivity contribution in [2.45, 2.75) is 0 Å². The summed E-state index contributed by atoms with van der Waals surface area (Å²) in [5.74, 6) is 1.23. The zero-order chi connectivity index (χ0) is 44.1. The SMILES string of the molecule is N#Cc1ccc(-n2c3ccccc3c3ccc(-c4ccccc4)cc32)c(-c2nc(-c3ccccc3)nc(-c3cc(C#N)ccc3-n3c4ccccc4c4ccc(-c5ccccc5)cc43)n2)c1. The van der Waals surface area contributed by atoms with Crippen molar-refractivity contribution >= 4 is 43.6 Å². The highest BCUT2D eigenvalue weighted by Crippen LogP contribution is 2.41. The molecule has 0 amide bonds. The van der Waals surface area contributed by atoms with E-state index in [1.807, 2.05) is 78.9 Å². The Morgan fingerprint density at radius 1 is 0.303 bits per heavy atom. The van der Waals surface area contributed by atoms with Crippen molar-refractivity contribution in [1.29, 1.82) is 10.5 Å². The molecule has 9 aromatic carbocycles. The number of nitrogens with zero attached hydrogens (tertiary/aromatic N) is 7. The van der Waals surface area contributed by atoms with E-state index in [0.29, 0.717) is 39.7 Å². The molecule has 0 N–H and O–H groups in total. The van der Waals surface area contributed by atoms with Crippen molar-refractivity contribution in [2.75, 3.05) is 0 Å². The molecule has 7 nitrogen and oxygen atoms in total. The summed E-state index contributed by atoms with van der Waals surface area (Å²) >= 11 is 0. The Balaban J connectivity index is 1.14. The third-order valence-electron chi connectivity index (χ3n) is 12.4. The van der Waals surface area contributed by atoms with Crippen LogP contribution in [0, 0.1) is 22.7 Å². The van der Waals surface area contributed by atoms with Crippen molar-refractivity contribution in [2.24, 2.45) is 0 Å². The largest absolute Gasteiger partial charge is 0.308 e. The Labute approximate surface area is 380 Å². The molecule has 3 heterocycles. The Kier molecular flexibility index (Phi) is 9.12. The Hall–Kier alpha value is -9.43. The monoisotopic (exact) mass is 841 g/mol. The van der Waals surface area contributed by atoms with Crippen LogP contribution in [0.25, 0.3) is 111 Å². The number of hydrogen-bond acceptors (Lipinski definition) is 5. The van der Waals surface area contributed by atoms with Crippen molar-refractivity contribution in [3.8, 4) is 79.9 Å². The Bertz CT molecular complexity index is 3710. The molecule has 0 atom stereocenters. The van der Waals surface area contributed by atoms with Gasteiger partial charge in [-0.1, -0.05) is 152 Å². The van der Waals surface area contributed by atoms with Crippen LogP contribution in [0.3, 0.4) is 0 Å². The third kappa shape index (κ3) is 6.39. The van der Waals surface area contributed by atoms with Crippen LogP contribution in [0.5, 0.6) is 0 Å². The van der Waals surface area contributed by atoms with Crippen LogP contribution in [0.1, 0.15) is 11.1 Å². The number of rotatable bonds is 7. The number of nitriles is 2. The van der Waals surface area contributed by atoms with E-state index in [9.17, 15) is 10.5 Å². The van der Waals surface area contributed by atoms with E-state index in [1.54, 1.807) is 0 Å². The summed E-state index contributed by atoms with van der Waals surface area (Å²) in [7, 11) is 0. The highest BCUT2D eigenvalue weighted by molar-refractivity contribution is 6.12. The molecular formula is C59H35N7. The molecule has 12 rings (SSSR count). The van der Waals surface area contributed by atoms with Gasteiger partial charge in [0, 0.05) is 38.2 Å². The summed E-state index contributed by atoms with van der Waals surface area (Å²) in [6.45, 7) is 0. The van der Waals surface area contributed by atoms with Crippen LogP contribution in [0.2, 0.25) is 0 Å². The number of para-hydroxylation sites is 2. The van der Waals surface area contributed by atoms with Gasteiger partial charge in [-0.3, -0.25) is 0 Å². The first-order valence-electron chi connectivity index (χ1n) is 21.7. The van der Waals surface area contributed by atoms with Crippen molar-refractivity contribution in [3.05, 3.63) is 223 Å². The van der Waals surface area contributed by atoms with Gasteiger partial charge >= 0.3 is 0 Å². The number of hydrogen-bond donors (Lipinski definition) is 0. The van der Waals surface area contributed by atoms with E-state index in [2.05, 4.69) is 155 Å². The molecule has 306 valence electrons. The van der Waals surface area contributed by atoms with E-state index in [-0.39, 0.29) is 0 Å². The first-order valence-corrected chi connectivity index (χ1v) is 21.7. The lowest BCUT2D eigenvalue weighted by Crippen LogP contribution is -2.06. The van der Waals surface area contributed by atoms with E-state index in [0.717, 1.165) is 82.8 Å². The quantitative estimate of drug-likeness (QED) is 0.159. The maximum atomic E-state index is 10.4. The summed E-state index contributed by atoms with van der Waals surface area (Å²) in [4.78, 5) is 15.8. The molecule has 0 radical (unpaired) electrons. The predicted octanol–water partition coefficient (Wildman–Crippen LogP) is 14.1. The van der Waals surface area contributed by atoms with Crippen molar-refractivity contribution in [1.82, 2.24) is 24.1 Å². The van der Waals surface area contributed by atoms with Crippen LogP contribution in [0.4, 0.5) is 0 Å². The predicted molar refractivity (Wildman–Crippen MR) is 265 cm³/mol. The molecule has 7 heteroatoms. The van der Waals surface area contributed by atoms with Gasteiger partial charge in [0.1, 0.15) is 0 Å². The molecule has 0 unspecified atom stereocenters. The Morgan fingerprint density at radius 3 is 1.12 bits per heavy atom. The molecule has 12 aromatic rings. The molecular weight excluding hydrogens is 807 g/mol. The topological polar surface area (TPSA) is 96.1 Å². The molecule has 3 aromatic heterocycles. The summed E-state index contributed by atoms with van der Waals surface area (Å²) in [5, 5.41) is 25.2. The first-order chi connectivity index (χ1) is 32.6. The first kappa shape index (κ1) is 38.3. The van der Waals surface area contributed by atoms with Gasteiger partial charge in [-0.25, -0.2) is 15.0 Å². The van der Waals surface area contributed by atoms with Gasteiger partial charge < -0.3 is 9.13 Å². The van der Waals surface area contributed by atoms with Gasteiger partial charge in [-0.2, -0.15) is 10.5 Å². The highest BCUT2D eigenvalue weighted by Gasteiger charge is 2.23. The van der Waals surface area contributed by atoms with Crippen molar-refractivity contribution < 1.29 is 0 Å². The number of aromatic nitrogens is 5. The van der Waals surface area contributed by atoms with Gasteiger partial charge in [0.05, 0.1) is 56.7 Å². The van der Waals surface area contributed by atoms with Gasteiger partial charge in [0.2, 0.25) is 0 Å². The summed E-state index contributed by atoms with van der Waals surface area (Å²) < 4.78 is 4.51. The second kappa shape index (κ2) is 15.7. The fraction of sp³-hybridized carbons (Fsp3) is 0. The average Bonchev–Trinajstić information content (AvgIpc) is 3.91. The fourth-order valence-electron chi connectivity index (χ4n) is 9.37. The molecule has 0 fully saturated rings. The zero-order valence-corrected chi connectivity index (χ0v) is 35.3. The molecule has 0 spiro atoms. The summed E-state index contributed by atoms with van der Waals surface area (Å²) in [6.07, 6.45) is 0. The van der Waals surface area contributed by atoms with Crippen LogP contribution >= 0.6 is 0 Å². The van der Waals surface area contributed by atoms with Crippen LogP contribution in [-0.4, -0.2) is 24.1 Å². The highest BCUT2D eigenvalue weighted by atomic mass is 15.1. The van der Waals surface area contributed by atoms with Crippen LogP contribution in [-0.2, 0) is 0 Å². The van der Waals surface area contributed by atoms with Gasteiger partial charge in [0.25, 0.3) is 0 Å². The van der Waals surface area contributed by atoms with Gasteiger partial charge in [0.15, 0.2) is 17.5 Å². The van der Waals surface area contributed by atoms with Crippen molar-refractivity contribution in [3.63, 3.8) is 0 Å². The standard InChI is InChI=1S/C59H35N7/c60-36-38-24-30-53(65-51-22-12-10-20-45(51)47-28-26-43(34-55(47)65)40-14-4-1-5-15-40)49(32-38)58-62-57(42-18-8-3-9-19-42)63-59(64-58)50-33-39(37-61)25-31-54(50)66-52-23-13-11-21-46(52)48-29-27-44(35-56(48)66)41-16-6-2-7-17-41/h1-35H. The zero-order valence-electron chi connectivity index (χ0n) is 35.3. The summed E-state index contributed by atoms with van der Waals surface area (Å²) in [6, 6.07) is 76.8. The smallest absolute Gasteiger partial charge is 0.166 e. The second-order valence-electron chi connectivity index (χ2n) is 16.3. The van der Waals surface area contributed by atoms with Crippen LogP contribution < -0.4 is 0 Å². The molecule has 66 heavy (non-hydrogen) atoms. The normalized spacial score (nSPS) is 11.3. The summed E-state index contributed by atoms with van der Waals surface area (Å²) in [5.41, 5.74) is 13.1. The van der Waals surface area contributed by atoms with Crippen LogP contribution in [0.15, 0.2) is 212 Å². The molecule has 0 aliphatic heterocycles. The van der Waals surface area contributed by atoms with E-state index >= 15 is 0 Å². The van der Waals surface area contributed by atoms with E-state index < -0.39 is 0 Å². The minimum absolute atomic E-state index is 0.387. The molecule has 0 saturated heterocycles. The van der Waals surface area contributed by atoms with Gasteiger partial charge in [-0.15, -0.1) is 0 Å².